The Morgan fingerprint density at radius 3 is 2.46 bits per heavy atom. The van der Waals surface area contributed by atoms with E-state index in [2.05, 4.69) is 57.3 Å². The Balaban J connectivity index is 1.41. The normalized spacial score (nSPS) is 14.6. The number of aryl methyl sites for hydroxylation is 1. The molecule has 28 heavy (non-hydrogen) atoms. The lowest BCUT2D eigenvalue weighted by Gasteiger charge is -2.26. The van der Waals surface area contributed by atoms with E-state index < -0.39 is 0 Å². The molecule has 1 amide bonds. The number of halogens is 1. The number of hydrogen-bond donors (Lipinski definition) is 1. The van der Waals surface area contributed by atoms with Gasteiger partial charge in [0.2, 0.25) is 0 Å². The maximum atomic E-state index is 12.1. The molecule has 5 nitrogen and oxygen atoms in total. The topological polar surface area (TPSA) is 50.8 Å². The lowest BCUT2D eigenvalue weighted by molar-refractivity contribution is -0.123. The van der Waals surface area contributed by atoms with Crippen LogP contribution < -0.4 is 10.1 Å². The van der Waals surface area contributed by atoms with Crippen molar-refractivity contribution >= 4 is 21.8 Å². The number of nitrogens with zero attached hydrogens (tertiary/aromatic N) is 1. The van der Waals surface area contributed by atoms with Gasteiger partial charge in [0.25, 0.3) is 5.91 Å². The van der Waals surface area contributed by atoms with E-state index in [-0.39, 0.29) is 12.5 Å². The van der Waals surface area contributed by atoms with Crippen molar-refractivity contribution in [1.29, 1.82) is 0 Å². The maximum absolute atomic E-state index is 12.1. The monoisotopic (exact) mass is 446 g/mol. The first-order valence-corrected chi connectivity index (χ1v) is 10.5. The molecule has 0 bridgehead atoms. The van der Waals surface area contributed by atoms with Crippen molar-refractivity contribution < 1.29 is 14.3 Å². The molecule has 1 N–H and O–H groups in total. The first-order chi connectivity index (χ1) is 13.6. The number of nitrogens with one attached hydrogen (secondary N) is 1. The second kappa shape index (κ2) is 10.6. The van der Waals surface area contributed by atoms with Crippen LogP contribution in [0.5, 0.6) is 5.75 Å². The molecule has 0 atom stereocenters. The third kappa shape index (κ3) is 6.33. The van der Waals surface area contributed by atoms with E-state index in [4.69, 9.17) is 9.47 Å². The van der Waals surface area contributed by atoms with Gasteiger partial charge in [-0.25, -0.2) is 0 Å². The first kappa shape index (κ1) is 20.8. The highest BCUT2D eigenvalue weighted by atomic mass is 79.9. The second-order valence-corrected chi connectivity index (χ2v) is 7.74. The summed E-state index contributed by atoms with van der Waals surface area (Å²) < 4.78 is 11.9. The minimum atomic E-state index is -0.135. The summed E-state index contributed by atoms with van der Waals surface area (Å²) in [5.41, 5.74) is 3.58. The van der Waals surface area contributed by atoms with E-state index in [0.717, 1.165) is 49.3 Å². The van der Waals surface area contributed by atoms with Crippen LogP contribution in [0.1, 0.15) is 23.6 Å². The van der Waals surface area contributed by atoms with Gasteiger partial charge in [0.15, 0.2) is 6.61 Å². The van der Waals surface area contributed by atoms with Crippen molar-refractivity contribution in [3.05, 3.63) is 63.6 Å². The number of ether oxygens (including phenoxy) is 2. The minimum absolute atomic E-state index is 0.000807. The smallest absolute Gasteiger partial charge is 0.258 e. The molecule has 0 aliphatic carbocycles. The summed E-state index contributed by atoms with van der Waals surface area (Å²) in [6, 6.07) is 14.3. The largest absolute Gasteiger partial charge is 0.483 e. The zero-order valence-corrected chi connectivity index (χ0v) is 17.8. The highest BCUT2D eigenvalue weighted by Gasteiger charge is 2.11. The highest BCUT2D eigenvalue weighted by Crippen LogP contribution is 2.26. The first-order valence-electron chi connectivity index (χ1n) is 9.70. The summed E-state index contributed by atoms with van der Waals surface area (Å²) in [4.78, 5) is 14.5. The van der Waals surface area contributed by atoms with Gasteiger partial charge in [-0.3, -0.25) is 9.69 Å². The number of carbonyl (C=O) groups is 1. The highest BCUT2D eigenvalue weighted by molar-refractivity contribution is 9.10. The predicted octanol–water partition coefficient (Wildman–Crippen LogP) is 3.54. The third-order valence-corrected chi connectivity index (χ3v) is 5.41. The number of rotatable bonds is 8. The Bertz CT molecular complexity index is 774. The van der Waals surface area contributed by atoms with E-state index in [1.54, 1.807) is 0 Å². The van der Waals surface area contributed by atoms with Crippen molar-refractivity contribution in [2.24, 2.45) is 0 Å². The average Bonchev–Trinajstić information content (AvgIpc) is 2.73. The minimum Gasteiger partial charge on any atom is -0.483 e. The van der Waals surface area contributed by atoms with Crippen molar-refractivity contribution in [1.82, 2.24) is 10.2 Å². The van der Waals surface area contributed by atoms with Crippen LogP contribution in [0.2, 0.25) is 0 Å². The Kier molecular flexibility index (Phi) is 7.89. The molecular formula is C22H27BrN2O3. The van der Waals surface area contributed by atoms with Crippen molar-refractivity contribution in [3.8, 4) is 5.75 Å². The summed E-state index contributed by atoms with van der Waals surface area (Å²) in [7, 11) is 0. The molecule has 1 aliphatic rings. The van der Waals surface area contributed by atoms with Crippen LogP contribution in [0.25, 0.3) is 0 Å². The van der Waals surface area contributed by atoms with Gasteiger partial charge in [-0.05, 0) is 51.2 Å². The van der Waals surface area contributed by atoms with Crippen molar-refractivity contribution in [2.45, 2.75) is 26.4 Å². The molecule has 1 saturated heterocycles. The summed E-state index contributed by atoms with van der Waals surface area (Å²) in [5, 5.41) is 2.91. The summed E-state index contributed by atoms with van der Waals surface area (Å²) in [6.07, 6.45) is 0.963. The van der Waals surface area contributed by atoms with E-state index in [1.807, 2.05) is 18.2 Å². The van der Waals surface area contributed by atoms with E-state index in [1.165, 1.54) is 11.1 Å². The van der Waals surface area contributed by atoms with Gasteiger partial charge in [0, 0.05) is 26.2 Å². The van der Waals surface area contributed by atoms with Crippen LogP contribution in [-0.2, 0) is 29.0 Å². The maximum Gasteiger partial charge on any atom is 0.258 e. The number of morpholine rings is 1. The summed E-state index contributed by atoms with van der Waals surface area (Å²) in [6.45, 7) is 7.12. The van der Waals surface area contributed by atoms with Crippen molar-refractivity contribution in [2.75, 3.05) is 32.9 Å². The SMILES string of the molecule is CCc1ccc(OCC(=O)NCc2ccc(CN3CCOCC3)cc2)c(Br)c1. The summed E-state index contributed by atoms with van der Waals surface area (Å²) >= 11 is 3.49. The van der Waals surface area contributed by atoms with Crippen LogP contribution in [0.3, 0.4) is 0 Å². The fraction of sp³-hybridized carbons (Fsp3) is 0.409. The zero-order chi connectivity index (χ0) is 19.8. The molecule has 2 aromatic rings. The Hall–Kier alpha value is -1.89. The van der Waals surface area contributed by atoms with Crippen LogP contribution >= 0.6 is 15.9 Å². The Labute approximate surface area is 175 Å². The quantitative estimate of drug-likeness (QED) is 0.673. The van der Waals surface area contributed by atoms with Crippen LogP contribution in [-0.4, -0.2) is 43.7 Å². The standard InChI is InChI=1S/C22H27BrN2O3/c1-2-17-7-8-21(20(23)13-17)28-16-22(26)24-14-18-3-5-19(6-4-18)15-25-9-11-27-12-10-25/h3-8,13H,2,9-12,14-16H2,1H3,(H,24,26). The molecule has 150 valence electrons. The Morgan fingerprint density at radius 1 is 1.11 bits per heavy atom. The Morgan fingerprint density at radius 2 is 1.79 bits per heavy atom. The van der Waals surface area contributed by atoms with Crippen molar-refractivity contribution in [3.63, 3.8) is 0 Å². The molecule has 3 rings (SSSR count). The van der Waals surface area contributed by atoms with Crippen LogP contribution in [0.4, 0.5) is 0 Å². The predicted molar refractivity (Wildman–Crippen MR) is 113 cm³/mol. The zero-order valence-electron chi connectivity index (χ0n) is 16.2. The van der Waals surface area contributed by atoms with Gasteiger partial charge in [0.1, 0.15) is 5.75 Å². The lowest BCUT2D eigenvalue weighted by Crippen LogP contribution is -2.35. The van der Waals surface area contributed by atoms with Gasteiger partial charge in [0.05, 0.1) is 17.7 Å². The van der Waals surface area contributed by atoms with Crippen LogP contribution in [0.15, 0.2) is 46.9 Å². The lowest BCUT2D eigenvalue weighted by atomic mass is 10.1. The number of amides is 1. The third-order valence-electron chi connectivity index (χ3n) is 4.79. The molecule has 0 saturated carbocycles. The number of carbonyl (C=O) groups excluding carboxylic acids is 1. The van der Waals surface area contributed by atoms with Crippen LogP contribution in [0, 0.1) is 0 Å². The van der Waals surface area contributed by atoms with E-state index in [0.29, 0.717) is 12.3 Å². The van der Waals surface area contributed by atoms with Gasteiger partial charge in [-0.1, -0.05) is 37.3 Å². The molecule has 0 spiro atoms. The van der Waals surface area contributed by atoms with E-state index in [9.17, 15) is 4.79 Å². The summed E-state index contributed by atoms with van der Waals surface area (Å²) in [5.74, 6) is 0.545. The fourth-order valence-electron chi connectivity index (χ4n) is 3.06. The fourth-order valence-corrected chi connectivity index (χ4v) is 3.60. The van der Waals surface area contributed by atoms with Gasteiger partial charge >= 0.3 is 0 Å². The van der Waals surface area contributed by atoms with Gasteiger partial charge < -0.3 is 14.8 Å². The molecular weight excluding hydrogens is 420 g/mol. The molecule has 0 unspecified atom stereocenters. The molecule has 1 heterocycles. The number of benzene rings is 2. The molecule has 6 heteroatoms. The molecule has 0 radical (unpaired) electrons. The number of hydrogen-bond acceptors (Lipinski definition) is 4. The molecule has 1 aliphatic heterocycles. The molecule has 1 fully saturated rings. The van der Waals surface area contributed by atoms with E-state index >= 15 is 0 Å². The molecule has 0 aromatic heterocycles. The van der Waals surface area contributed by atoms with Gasteiger partial charge in [-0.15, -0.1) is 0 Å². The second-order valence-electron chi connectivity index (χ2n) is 6.89. The van der Waals surface area contributed by atoms with Gasteiger partial charge in [-0.2, -0.15) is 0 Å². The average molecular weight is 447 g/mol. The molecule has 2 aromatic carbocycles.